The van der Waals surface area contributed by atoms with Crippen LogP contribution in [0, 0.1) is 0 Å². The number of hydrogen-bond donors (Lipinski definition) is 3. The summed E-state index contributed by atoms with van der Waals surface area (Å²) in [5, 5.41) is 0. The molecule has 1 aliphatic heterocycles. The van der Waals surface area contributed by atoms with Gasteiger partial charge < -0.3 is 0 Å². The summed E-state index contributed by atoms with van der Waals surface area (Å²) in [4.78, 5) is 10.3. The van der Waals surface area contributed by atoms with E-state index in [0.717, 1.165) is 0 Å². The third-order valence-corrected chi connectivity index (χ3v) is 0.748. The van der Waals surface area contributed by atoms with E-state index in [1.54, 1.807) is 0 Å². The molecular weight excluding hydrogens is 94.1 g/mol. The topological polar surface area (TPSA) is 53.2 Å². The van der Waals surface area contributed by atoms with E-state index < -0.39 is 0 Å². The zero-order valence-electron chi connectivity index (χ0n) is 3.82. The molecule has 0 amide bonds. The number of Topliss-reactive ketones (excluding diaryl/α,β-unsaturated/α-hetero) is 1. The summed E-state index contributed by atoms with van der Waals surface area (Å²) in [6.07, 6.45) is 0. The Kier molecular flexibility index (Phi) is 1.35. The zero-order chi connectivity index (χ0) is 5.11. The second-order valence-corrected chi connectivity index (χ2v) is 1.37. The highest BCUT2D eigenvalue weighted by Gasteiger charge is 2.03. The van der Waals surface area contributed by atoms with Crippen molar-refractivity contribution in [2.24, 2.45) is 0 Å². The molecule has 4 nitrogen and oxygen atoms in total. The summed E-state index contributed by atoms with van der Waals surface area (Å²) in [5.41, 5.74) is 7.84. The minimum atomic E-state index is 0.179. The van der Waals surface area contributed by atoms with Crippen molar-refractivity contribution in [3.05, 3.63) is 0 Å². The second kappa shape index (κ2) is 2.02. The lowest BCUT2D eigenvalue weighted by Gasteiger charge is -2.12. The minimum Gasteiger partial charge on any atom is -0.297 e. The normalized spacial score (nSPS) is 22.6. The maximum absolute atomic E-state index is 10.3. The van der Waals surface area contributed by atoms with Crippen LogP contribution in [-0.4, -0.2) is 18.9 Å². The summed E-state index contributed by atoms with van der Waals surface area (Å²) in [6.45, 7) is 0.847. The lowest BCUT2D eigenvalue weighted by Crippen LogP contribution is -2.54. The molecule has 0 aliphatic carbocycles. The molecule has 1 saturated heterocycles. The van der Waals surface area contributed by atoms with Crippen LogP contribution in [0.1, 0.15) is 0 Å². The van der Waals surface area contributed by atoms with E-state index in [4.69, 9.17) is 0 Å². The maximum Gasteiger partial charge on any atom is 0.163 e. The highest BCUT2D eigenvalue weighted by atomic mass is 16.1. The van der Waals surface area contributed by atoms with Crippen molar-refractivity contribution >= 4 is 5.78 Å². The molecule has 3 N–H and O–H groups in total. The molecule has 0 aromatic heterocycles. The summed E-state index contributed by atoms with van der Waals surface area (Å²) in [7, 11) is 0. The monoisotopic (exact) mass is 101 g/mol. The molecule has 0 saturated carbocycles. The number of hydrazine groups is 2. The summed E-state index contributed by atoms with van der Waals surface area (Å²) < 4.78 is 0. The van der Waals surface area contributed by atoms with E-state index in [0.29, 0.717) is 13.1 Å². The average molecular weight is 101 g/mol. The molecule has 40 valence electrons. The fraction of sp³-hybridized carbons (Fsp3) is 0.667. The van der Waals surface area contributed by atoms with E-state index in [2.05, 4.69) is 16.4 Å². The van der Waals surface area contributed by atoms with E-state index in [1.807, 2.05) is 0 Å². The van der Waals surface area contributed by atoms with Gasteiger partial charge in [0, 0.05) is 0 Å². The first-order valence-electron chi connectivity index (χ1n) is 2.12. The van der Waals surface area contributed by atoms with Crippen LogP contribution in [0.5, 0.6) is 0 Å². The molecule has 1 fully saturated rings. The summed E-state index contributed by atoms with van der Waals surface area (Å²) in [6, 6.07) is 0. The highest BCUT2D eigenvalue weighted by molar-refractivity contribution is 5.82. The third-order valence-electron chi connectivity index (χ3n) is 0.748. The van der Waals surface area contributed by atoms with Gasteiger partial charge >= 0.3 is 0 Å². The molecule has 0 bridgehead atoms. The van der Waals surface area contributed by atoms with Crippen molar-refractivity contribution in [1.82, 2.24) is 16.4 Å². The van der Waals surface area contributed by atoms with Crippen LogP contribution in [0.3, 0.4) is 0 Å². The Labute approximate surface area is 41.2 Å². The van der Waals surface area contributed by atoms with Crippen LogP contribution in [0.2, 0.25) is 0 Å². The van der Waals surface area contributed by atoms with Gasteiger partial charge in [0.25, 0.3) is 0 Å². The van der Waals surface area contributed by atoms with Gasteiger partial charge in [-0.3, -0.25) is 4.79 Å². The van der Waals surface area contributed by atoms with Crippen LogP contribution in [0.25, 0.3) is 0 Å². The number of nitrogens with one attached hydrogen (secondary N) is 3. The van der Waals surface area contributed by atoms with Crippen LogP contribution < -0.4 is 16.4 Å². The molecule has 1 heterocycles. The molecule has 0 aromatic rings. The van der Waals surface area contributed by atoms with Gasteiger partial charge in [0.1, 0.15) is 0 Å². The number of carbonyl (C=O) groups excluding carboxylic acids is 1. The van der Waals surface area contributed by atoms with Crippen LogP contribution in [0.15, 0.2) is 0 Å². The van der Waals surface area contributed by atoms with Gasteiger partial charge in [0.05, 0.1) is 13.1 Å². The van der Waals surface area contributed by atoms with E-state index in [-0.39, 0.29) is 5.78 Å². The van der Waals surface area contributed by atoms with Gasteiger partial charge in [-0.15, -0.1) is 0 Å². The first-order valence-corrected chi connectivity index (χ1v) is 2.12. The average Bonchev–Trinajstić information content (AvgIpc) is 1.69. The maximum atomic E-state index is 10.3. The summed E-state index contributed by atoms with van der Waals surface area (Å²) >= 11 is 0. The molecule has 7 heavy (non-hydrogen) atoms. The second-order valence-electron chi connectivity index (χ2n) is 1.37. The molecule has 4 heteroatoms. The molecule has 0 atom stereocenters. The van der Waals surface area contributed by atoms with Crippen LogP contribution >= 0.6 is 0 Å². The standard InChI is InChI=1S/C3H7N3O/c7-3-1-4-6-5-2-3/h4-6H,1-2H2. The number of ketones is 1. The molecule has 0 unspecified atom stereocenters. The minimum absolute atomic E-state index is 0.179. The number of carbonyl (C=O) groups is 1. The Morgan fingerprint density at radius 3 is 2.14 bits per heavy atom. The fourth-order valence-electron chi connectivity index (χ4n) is 0.411. The van der Waals surface area contributed by atoms with Gasteiger partial charge in [-0.25, -0.2) is 10.9 Å². The molecule has 0 radical (unpaired) electrons. The Balaban J connectivity index is 2.25. The first kappa shape index (κ1) is 4.70. The Bertz CT molecular complexity index is 74.2. The SMILES string of the molecule is O=C1CNNNC1. The Morgan fingerprint density at radius 2 is 1.86 bits per heavy atom. The lowest BCUT2D eigenvalue weighted by atomic mass is 10.4. The van der Waals surface area contributed by atoms with Crippen LogP contribution in [-0.2, 0) is 4.79 Å². The first-order chi connectivity index (χ1) is 3.39. The van der Waals surface area contributed by atoms with Gasteiger partial charge in [0.2, 0.25) is 0 Å². The highest BCUT2D eigenvalue weighted by Crippen LogP contribution is 1.66. The number of rotatable bonds is 0. The number of hydrogen-bond acceptors (Lipinski definition) is 4. The molecule has 0 aromatic carbocycles. The van der Waals surface area contributed by atoms with Gasteiger partial charge in [-0.2, -0.15) is 5.53 Å². The van der Waals surface area contributed by atoms with Crippen molar-refractivity contribution in [3.63, 3.8) is 0 Å². The smallest absolute Gasteiger partial charge is 0.163 e. The molecule has 1 aliphatic rings. The van der Waals surface area contributed by atoms with E-state index in [9.17, 15) is 4.79 Å². The van der Waals surface area contributed by atoms with Gasteiger partial charge in [-0.05, 0) is 0 Å². The lowest BCUT2D eigenvalue weighted by molar-refractivity contribution is -0.119. The van der Waals surface area contributed by atoms with E-state index >= 15 is 0 Å². The zero-order valence-corrected chi connectivity index (χ0v) is 3.82. The Morgan fingerprint density at radius 1 is 1.29 bits per heavy atom. The van der Waals surface area contributed by atoms with Gasteiger partial charge in [0.15, 0.2) is 5.78 Å². The predicted octanol–water partition coefficient (Wildman–Crippen LogP) is -1.83. The van der Waals surface area contributed by atoms with Crippen molar-refractivity contribution < 1.29 is 4.79 Å². The van der Waals surface area contributed by atoms with E-state index in [1.165, 1.54) is 0 Å². The quantitative estimate of drug-likeness (QED) is 0.336. The molecule has 0 spiro atoms. The van der Waals surface area contributed by atoms with Crippen molar-refractivity contribution in [1.29, 1.82) is 0 Å². The predicted molar refractivity (Wildman–Crippen MR) is 24.1 cm³/mol. The molecular formula is C3H7N3O. The largest absolute Gasteiger partial charge is 0.297 e. The van der Waals surface area contributed by atoms with Crippen molar-refractivity contribution in [3.8, 4) is 0 Å². The van der Waals surface area contributed by atoms with Crippen molar-refractivity contribution in [2.75, 3.05) is 13.1 Å². The fourth-order valence-corrected chi connectivity index (χ4v) is 0.411. The Hall–Kier alpha value is -0.450. The van der Waals surface area contributed by atoms with Crippen LogP contribution in [0.4, 0.5) is 0 Å². The summed E-state index contributed by atoms with van der Waals surface area (Å²) in [5.74, 6) is 0.179. The van der Waals surface area contributed by atoms with Crippen molar-refractivity contribution in [2.45, 2.75) is 0 Å². The third kappa shape index (κ3) is 1.23. The van der Waals surface area contributed by atoms with Gasteiger partial charge in [-0.1, -0.05) is 0 Å². The molecule has 1 rings (SSSR count).